The molecular weight excluding hydrogens is 368 g/mol. The quantitative estimate of drug-likeness (QED) is 0.512. The fourth-order valence-electron chi connectivity index (χ4n) is 3.90. The number of rotatable bonds is 7. The van der Waals surface area contributed by atoms with E-state index in [2.05, 4.69) is 10.2 Å². The first-order valence-corrected chi connectivity index (χ1v) is 10.5. The molecule has 1 aromatic rings. The van der Waals surface area contributed by atoms with Crippen LogP contribution in [0.2, 0.25) is 0 Å². The Hall–Kier alpha value is -1.61. The van der Waals surface area contributed by atoms with Gasteiger partial charge in [0.15, 0.2) is 0 Å². The number of ether oxygens (including phenoxy) is 1. The molecule has 1 spiro atoms. The molecule has 0 radical (unpaired) electrons. The number of nitrogens with zero attached hydrogens (tertiary/aromatic N) is 4. The molecule has 2 aliphatic heterocycles. The first-order valence-electron chi connectivity index (χ1n) is 9.49. The van der Waals surface area contributed by atoms with Crippen molar-refractivity contribution in [2.24, 2.45) is 5.41 Å². The lowest BCUT2D eigenvalue weighted by molar-refractivity contribution is -0.141. The zero-order chi connectivity index (χ0) is 19.3. The van der Waals surface area contributed by atoms with Gasteiger partial charge in [0.2, 0.25) is 17.7 Å². The van der Waals surface area contributed by atoms with Crippen molar-refractivity contribution in [3.8, 4) is 0 Å². The number of carbonyl (C=O) groups is 2. The second-order valence-electron chi connectivity index (χ2n) is 7.42. The van der Waals surface area contributed by atoms with Crippen molar-refractivity contribution in [2.45, 2.75) is 44.3 Å². The van der Waals surface area contributed by atoms with Gasteiger partial charge in [0.25, 0.3) is 5.22 Å². The second-order valence-corrected chi connectivity index (χ2v) is 8.34. The normalized spacial score (nSPS) is 19.7. The molecule has 3 rings (SSSR count). The molecule has 0 aliphatic carbocycles. The molecule has 3 heterocycles. The maximum atomic E-state index is 12.5. The van der Waals surface area contributed by atoms with Crippen LogP contribution in [0.1, 0.15) is 38.0 Å². The average Bonchev–Trinajstić information content (AvgIpc) is 3.09. The van der Waals surface area contributed by atoms with Crippen molar-refractivity contribution < 1.29 is 18.7 Å². The molecule has 2 fully saturated rings. The smallest absolute Gasteiger partial charge is 0.277 e. The molecule has 0 N–H and O–H groups in total. The third kappa shape index (κ3) is 5.22. The number of methoxy groups -OCH3 is 1. The Bertz CT molecular complexity index is 658. The molecular formula is C18H28N4O4S. The maximum absolute atomic E-state index is 12.5. The molecule has 2 aliphatic rings. The summed E-state index contributed by atoms with van der Waals surface area (Å²) in [6.45, 7) is 5.49. The molecule has 1 aromatic heterocycles. The number of likely N-dealkylation sites (tertiary alicyclic amines) is 2. The highest BCUT2D eigenvalue weighted by Gasteiger charge is 2.41. The van der Waals surface area contributed by atoms with Crippen LogP contribution in [0.5, 0.6) is 0 Å². The topological polar surface area (TPSA) is 88.8 Å². The monoisotopic (exact) mass is 396 g/mol. The molecule has 0 aromatic carbocycles. The van der Waals surface area contributed by atoms with E-state index < -0.39 is 0 Å². The summed E-state index contributed by atoms with van der Waals surface area (Å²) in [6, 6.07) is 0. The van der Waals surface area contributed by atoms with Crippen LogP contribution in [0, 0.1) is 12.3 Å². The van der Waals surface area contributed by atoms with E-state index in [9.17, 15) is 9.59 Å². The summed E-state index contributed by atoms with van der Waals surface area (Å²) in [5.74, 6) is 1.18. The third-order valence-corrected chi connectivity index (χ3v) is 6.33. The highest BCUT2D eigenvalue weighted by atomic mass is 32.2. The number of piperidine rings is 2. The minimum Gasteiger partial charge on any atom is -0.416 e. The van der Waals surface area contributed by atoms with Gasteiger partial charge in [-0.2, -0.15) is 0 Å². The van der Waals surface area contributed by atoms with E-state index >= 15 is 0 Å². The van der Waals surface area contributed by atoms with Crippen LogP contribution in [0.4, 0.5) is 0 Å². The lowest BCUT2D eigenvalue weighted by Gasteiger charge is -2.47. The molecule has 150 valence electrons. The molecule has 27 heavy (non-hydrogen) atoms. The van der Waals surface area contributed by atoms with Crippen LogP contribution >= 0.6 is 11.8 Å². The van der Waals surface area contributed by atoms with Gasteiger partial charge in [-0.25, -0.2) is 0 Å². The van der Waals surface area contributed by atoms with E-state index in [0.29, 0.717) is 29.9 Å². The van der Waals surface area contributed by atoms with Crippen LogP contribution in [-0.4, -0.2) is 77.5 Å². The Morgan fingerprint density at radius 3 is 2.74 bits per heavy atom. The highest BCUT2D eigenvalue weighted by molar-refractivity contribution is 7.99. The Kier molecular flexibility index (Phi) is 6.75. The SMILES string of the molecule is COCCCN1CC2(CCC1=O)CCN(C(=O)CSc1nnc(C)o1)CC2. The maximum Gasteiger partial charge on any atom is 0.277 e. The summed E-state index contributed by atoms with van der Waals surface area (Å²) in [7, 11) is 1.68. The minimum absolute atomic E-state index is 0.106. The van der Waals surface area contributed by atoms with Crippen LogP contribution in [0.3, 0.4) is 0 Å². The Labute approximate surface area is 164 Å². The molecule has 0 unspecified atom stereocenters. The van der Waals surface area contributed by atoms with Crippen molar-refractivity contribution in [3.05, 3.63) is 5.89 Å². The van der Waals surface area contributed by atoms with Crippen molar-refractivity contribution in [1.29, 1.82) is 0 Å². The minimum atomic E-state index is 0.106. The molecule has 8 nitrogen and oxygen atoms in total. The molecule has 0 bridgehead atoms. The van der Waals surface area contributed by atoms with Crippen LogP contribution in [-0.2, 0) is 14.3 Å². The number of amides is 2. The van der Waals surface area contributed by atoms with E-state index in [1.165, 1.54) is 11.8 Å². The summed E-state index contributed by atoms with van der Waals surface area (Å²) in [6.07, 6.45) is 4.33. The first kappa shape index (κ1) is 20.1. The summed E-state index contributed by atoms with van der Waals surface area (Å²) in [5, 5.41) is 8.11. The van der Waals surface area contributed by atoms with Crippen LogP contribution < -0.4 is 0 Å². The van der Waals surface area contributed by atoms with E-state index in [4.69, 9.17) is 9.15 Å². The molecule has 0 atom stereocenters. The fraction of sp³-hybridized carbons (Fsp3) is 0.778. The zero-order valence-electron chi connectivity index (χ0n) is 16.1. The second kappa shape index (κ2) is 9.05. The molecule has 2 amide bonds. The number of hydrogen-bond donors (Lipinski definition) is 0. The van der Waals surface area contributed by atoms with Crippen molar-refractivity contribution in [1.82, 2.24) is 20.0 Å². The first-order chi connectivity index (χ1) is 13.0. The molecule has 0 saturated carbocycles. The van der Waals surface area contributed by atoms with Gasteiger partial charge in [0, 0.05) is 53.2 Å². The van der Waals surface area contributed by atoms with Gasteiger partial charge in [-0.1, -0.05) is 11.8 Å². The Morgan fingerprint density at radius 1 is 1.30 bits per heavy atom. The van der Waals surface area contributed by atoms with Gasteiger partial charge < -0.3 is 19.0 Å². The standard InChI is InChI=1S/C18H28N4O4S/c1-14-19-20-17(26-14)27-12-16(24)21-9-6-18(7-10-21)5-4-15(23)22(13-18)8-3-11-25-2/h3-13H2,1-2H3. The van der Waals surface area contributed by atoms with Crippen molar-refractivity contribution in [2.75, 3.05) is 45.6 Å². The predicted octanol–water partition coefficient (Wildman–Crippen LogP) is 1.74. The lowest BCUT2D eigenvalue weighted by atomic mass is 9.72. The Morgan fingerprint density at radius 2 is 2.07 bits per heavy atom. The van der Waals surface area contributed by atoms with E-state index in [1.54, 1.807) is 14.0 Å². The van der Waals surface area contributed by atoms with Gasteiger partial charge in [0.05, 0.1) is 5.75 Å². The van der Waals surface area contributed by atoms with Crippen LogP contribution in [0.25, 0.3) is 0 Å². The van der Waals surface area contributed by atoms with Gasteiger partial charge in [-0.15, -0.1) is 10.2 Å². The van der Waals surface area contributed by atoms with Gasteiger partial charge in [-0.3, -0.25) is 9.59 Å². The lowest BCUT2D eigenvalue weighted by Crippen LogP contribution is -2.52. The summed E-state index contributed by atoms with van der Waals surface area (Å²) in [5.41, 5.74) is 0.161. The van der Waals surface area contributed by atoms with Crippen molar-refractivity contribution in [3.63, 3.8) is 0 Å². The van der Waals surface area contributed by atoms with Crippen LogP contribution in [0.15, 0.2) is 9.64 Å². The van der Waals surface area contributed by atoms with E-state index in [-0.39, 0.29) is 17.2 Å². The fourth-order valence-corrected chi connectivity index (χ4v) is 4.60. The number of aromatic nitrogens is 2. The molecule has 2 saturated heterocycles. The number of aryl methyl sites for hydroxylation is 1. The average molecular weight is 397 g/mol. The zero-order valence-corrected chi connectivity index (χ0v) is 16.9. The van der Waals surface area contributed by atoms with E-state index in [1.807, 2.05) is 9.80 Å². The van der Waals surface area contributed by atoms with Gasteiger partial charge >= 0.3 is 0 Å². The van der Waals surface area contributed by atoms with Gasteiger partial charge in [0.1, 0.15) is 0 Å². The van der Waals surface area contributed by atoms with Gasteiger partial charge in [-0.05, 0) is 31.1 Å². The summed E-state index contributed by atoms with van der Waals surface area (Å²) < 4.78 is 10.4. The largest absolute Gasteiger partial charge is 0.416 e. The molecule has 9 heteroatoms. The number of thioether (sulfide) groups is 1. The summed E-state index contributed by atoms with van der Waals surface area (Å²) >= 11 is 1.29. The Balaban J connectivity index is 1.47. The van der Waals surface area contributed by atoms with E-state index in [0.717, 1.165) is 51.9 Å². The summed E-state index contributed by atoms with van der Waals surface area (Å²) in [4.78, 5) is 28.6. The highest BCUT2D eigenvalue weighted by Crippen LogP contribution is 2.40. The number of hydrogen-bond acceptors (Lipinski definition) is 7. The predicted molar refractivity (Wildman–Crippen MR) is 100 cm³/mol. The van der Waals surface area contributed by atoms with Crippen molar-refractivity contribution >= 4 is 23.6 Å². The third-order valence-electron chi connectivity index (χ3n) is 5.53. The number of carbonyl (C=O) groups excluding carboxylic acids is 2.